The smallest absolute Gasteiger partial charge is 0.331 e. The van der Waals surface area contributed by atoms with Crippen LogP contribution in [0.1, 0.15) is 22.3 Å². The van der Waals surface area contributed by atoms with Crippen molar-refractivity contribution < 1.29 is 9.53 Å². The third kappa shape index (κ3) is 5.55. The Morgan fingerprint density at radius 1 is 0.852 bits per heavy atom. The highest BCUT2D eigenvalue weighted by molar-refractivity contribution is 5.89. The Morgan fingerprint density at radius 3 is 2.19 bits per heavy atom. The van der Waals surface area contributed by atoms with Crippen LogP contribution in [0.3, 0.4) is 0 Å². The number of hydrogen-bond donors (Lipinski definition) is 0. The minimum Gasteiger partial charge on any atom is -0.458 e. The predicted molar refractivity (Wildman–Crippen MR) is 112 cm³/mol. The second-order valence-electron chi connectivity index (χ2n) is 6.24. The molecular weight excluding hydrogens is 332 g/mol. The van der Waals surface area contributed by atoms with Crippen LogP contribution in [-0.2, 0) is 9.53 Å². The minimum atomic E-state index is -0.356. The summed E-state index contributed by atoms with van der Waals surface area (Å²) in [5, 5.41) is 0. The van der Waals surface area contributed by atoms with Gasteiger partial charge in [0.2, 0.25) is 0 Å². The van der Waals surface area contributed by atoms with Gasteiger partial charge >= 0.3 is 5.97 Å². The van der Waals surface area contributed by atoms with Crippen LogP contribution in [0.4, 0.5) is 0 Å². The molecule has 0 spiro atoms. The van der Waals surface area contributed by atoms with Crippen LogP contribution in [0.25, 0.3) is 17.7 Å². The van der Waals surface area contributed by atoms with Crippen molar-refractivity contribution in [1.82, 2.24) is 0 Å². The summed E-state index contributed by atoms with van der Waals surface area (Å²) in [7, 11) is 0. The molecule has 0 amide bonds. The number of rotatable bonds is 6. The van der Waals surface area contributed by atoms with Gasteiger partial charge in [-0.2, -0.15) is 0 Å². The summed E-state index contributed by atoms with van der Waals surface area (Å²) in [6.45, 7) is 2.29. The Labute approximate surface area is 160 Å². The van der Waals surface area contributed by atoms with Gasteiger partial charge in [0.1, 0.15) is 6.61 Å². The van der Waals surface area contributed by atoms with Crippen LogP contribution in [0.5, 0.6) is 0 Å². The van der Waals surface area contributed by atoms with Gasteiger partial charge in [0.15, 0.2) is 0 Å². The lowest BCUT2D eigenvalue weighted by Crippen LogP contribution is -2.04. The lowest BCUT2D eigenvalue weighted by atomic mass is 10.0. The molecule has 3 aromatic carbocycles. The van der Waals surface area contributed by atoms with Gasteiger partial charge in [-0.1, -0.05) is 84.9 Å². The molecule has 0 radical (unpaired) electrons. The fraction of sp³-hybridized carbons (Fsp3) is 0.0800. The van der Waals surface area contributed by atoms with Crippen LogP contribution >= 0.6 is 0 Å². The van der Waals surface area contributed by atoms with E-state index in [4.69, 9.17) is 4.74 Å². The summed E-state index contributed by atoms with van der Waals surface area (Å²) in [4.78, 5) is 12.1. The minimum absolute atomic E-state index is 0.219. The van der Waals surface area contributed by atoms with E-state index in [9.17, 15) is 4.79 Å². The van der Waals surface area contributed by atoms with E-state index in [0.29, 0.717) is 0 Å². The molecule has 0 N–H and O–H groups in total. The van der Waals surface area contributed by atoms with Gasteiger partial charge < -0.3 is 4.74 Å². The molecule has 0 aromatic heterocycles. The highest BCUT2D eigenvalue weighted by Crippen LogP contribution is 2.20. The van der Waals surface area contributed by atoms with Gasteiger partial charge in [-0.3, -0.25) is 0 Å². The first-order valence-corrected chi connectivity index (χ1v) is 8.94. The third-order valence-electron chi connectivity index (χ3n) is 4.24. The van der Waals surface area contributed by atoms with E-state index in [-0.39, 0.29) is 12.6 Å². The molecule has 3 aromatic rings. The predicted octanol–water partition coefficient (Wildman–Crippen LogP) is 5.79. The van der Waals surface area contributed by atoms with E-state index in [0.717, 1.165) is 22.3 Å². The third-order valence-corrected chi connectivity index (χ3v) is 4.24. The van der Waals surface area contributed by atoms with Crippen molar-refractivity contribution >= 4 is 23.7 Å². The number of benzene rings is 3. The van der Waals surface area contributed by atoms with Crippen LogP contribution < -0.4 is 0 Å². The molecule has 0 aliphatic heterocycles. The molecule has 0 aliphatic carbocycles. The summed E-state index contributed by atoms with van der Waals surface area (Å²) in [5.41, 5.74) is 5.27. The molecule has 0 fully saturated rings. The molecule has 0 aliphatic rings. The number of aryl methyl sites for hydroxylation is 1. The van der Waals surface area contributed by atoms with Gasteiger partial charge in [0, 0.05) is 6.08 Å². The van der Waals surface area contributed by atoms with Gasteiger partial charge in [-0.25, -0.2) is 4.79 Å². The Bertz CT molecular complexity index is 938. The van der Waals surface area contributed by atoms with E-state index in [1.54, 1.807) is 6.08 Å². The molecule has 0 bridgehead atoms. The first-order chi connectivity index (χ1) is 13.2. The van der Waals surface area contributed by atoms with Crippen LogP contribution in [0.15, 0.2) is 91.0 Å². The number of ether oxygens (including phenoxy) is 1. The molecule has 0 heterocycles. The summed E-state index contributed by atoms with van der Waals surface area (Å²) in [5.74, 6) is -0.356. The molecular formula is C25H22O2. The highest BCUT2D eigenvalue weighted by Gasteiger charge is 2.06. The van der Waals surface area contributed by atoms with E-state index in [1.807, 2.05) is 72.8 Å². The molecule has 134 valence electrons. The normalized spacial score (nSPS) is 11.5. The Morgan fingerprint density at radius 2 is 1.48 bits per heavy atom. The number of hydrogen-bond acceptors (Lipinski definition) is 2. The van der Waals surface area contributed by atoms with Crippen molar-refractivity contribution in [2.24, 2.45) is 0 Å². The summed E-state index contributed by atoms with van der Waals surface area (Å²) in [6, 6.07) is 27.9. The van der Waals surface area contributed by atoms with Crippen molar-refractivity contribution in [3.05, 3.63) is 113 Å². The SMILES string of the molecule is Cc1ccccc1C=C(COC(=O)C=Cc1ccccc1)c1ccccc1. The van der Waals surface area contributed by atoms with Crippen LogP contribution in [0.2, 0.25) is 0 Å². The van der Waals surface area contributed by atoms with E-state index in [1.165, 1.54) is 11.6 Å². The fourth-order valence-electron chi connectivity index (χ4n) is 2.72. The molecule has 2 heteroatoms. The molecule has 0 atom stereocenters. The second kappa shape index (κ2) is 9.35. The lowest BCUT2D eigenvalue weighted by Gasteiger charge is -2.10. The zero-order valence-electron chi connectivity index (χ0n) is 15.3. The standard InChI is InChI=1S/C25H22O2/c1-20-10-8-9-15-23(20)18-24(22-13-6-3-7-14-22)19-27-25(26)17-16-21-11-4-2-5-12-21/h2-18H,19H2,1H3. The van der Waals surface area contributed by atoms with Gasteiger partial charge in [0.05, 0.1) is 0 Å². The van der Waals surface area contributed by atoms with Crippen molar-refractivity contribution in [3.63, 3.8) is 0 Å². The maximum atomic E-state index is 12.1. The van der Waals surface area contributed by atoms with E-state index >= 15 is 0 Å². The average Bonchev–Trinajstić information content (AvgIpc) is 2.72. The topological polar surface area (TPSA) is 26.3 Å². The van der Waals surface area contributed by atoms with E-state index in [2.05, 4.69) is 25.1 Å². The van der Waals surface area contributed by atoms with E-state index < -0.39 is 0 Å². The van der Waals surface area contributed by atoms with Crippen molar-refractivity contribution in [2.75, 3.05) is 6.61 Å². The summed E-state index contributed by atoms with van der Waals surface area (Å²) in [6.07, 6.45) is 5.31. The van der Waals surface area contributed by atoms with Crippen LogP contribution in [0, 0.1) is 6.92 Å². The number of esters is 1. The van der Waals surface area contributed by atoms with Gasteiger partial charge in [-0.05, 0) is 46.9 Å². The van der Waals surface area contributed by atoms with Crippen LogP contribution in [-0.4, -0.2) is 12.6 Å². The zero-order valence-corrected chi connectivity index (χ0v) is 15.3. The van der Waals surface area contributed by atoms with Gasteiger partial charge in [-0.15, -0.1) is 0 Å². The van der Waals surface area contributed by atoms with Crippen molar-refractivity contribution in [1.29, 1.82) is 0 Å². The quantitative estimate of drug-likeness (QED) is 0.318. The number of carbonyl (C=O) groups is 1. The molecule has 3 rings (SSSR count). The Hall–Kier alpha value is -3.39. The first kappa shape index (κ1) is 18.4. The largest absolute Gasteiger partial charge is 0.458 e. The maximum Gasteiger partial charge on any atom is 0.331 e. The molecule has 0 saturated carbocycles. The fourth-order valence-corrected chi connectivity index (χ4v) is 2.72. The molecule has 2 nitrogen and oxygen atoms in total. The second-order valence-corrected chi connectivity index (χ2v) is 6.24. The molecule has 0 saturated heterocycles. The Kier molecular flexibility index (Phi) is 6.37. The average molecular weight is 354 g/mol. The summed E-state index contributed by atoms with van der Waals surface area (Å²) < 4.78 is 5.50. The van der Waals surface area contributed by atoms with Gasteiger partial charge in [0.25, 0.3) is 0 Å². The zero-order chi connectivity index (χ0) is 18.9. The first-order valence-electron chi connectivity index (χ1n) is 8.94. The number of carbonyl (C=O) groups excluding carboxylic acids is 1. The highest BCUT2D eigenvalue weighted by atomic mass is 16.5. The lowest BCUT2D eigenvalue weighted by molar-refractivity contribution is -0.136. The Balaban J connectivity index is 1.75. The monoisotopic (exact) mass is 354 g/mol. The van der Waals surface area contributed by atoms with Crippen molar-refractivity contribution in [3.8, 4) is 0 Å². The summed E-state index contributed by atoms with van der Waals surface area (Å²) >= 11 is 0. The maximum absolute atomic E-state index is 12.1. The van der Waals surface area contributed by atoms with Crippen molar-refractivity contribution in [2.45, 2.75) is 6.92 Å². The molecule has 27 heavy (non-hydrogen) atoms. The molecule has 0 unspecified atom stereocenters.